The van der Waals surface area contributed by atoms with Gasteiger partial charge in [-0.1, -0.05) is 411 Å². The number of aryl methyl sites for hydroxylation is 6. The highest BCUT2D eigenvalue weighted by atomic mass is 31.2. The zero-order valence-corrected chi connectivity index (χ0v) is 79.1. The van der Waals surface area contributed by atoms with Crippen molar-refractivity contribution in [3.63, 3.8) is 0 Å². The molecule has 0 fully saturated rings. The first-order valence-corrected chi connectivity index (χ1v) is 50.5. The van der Waals surface area contributed by atoms with Crippen molar-refractivity contribution in [2.45, 2.75) is 127 Å². The molecular weight excluding hydrogens is 1620 g/mol. The molecule has 0 aliphatic carbocycles. The van der Waals surface area contributed by atoms with Gasteiger partial charge in [-0.15, -0.1) is 0 Å². The largest absolute Gasteiger partial charge is 0.497 e. The topological polar surface area (TPSA) is 124 Å². The summed E-state index contributed by atoms with van der Waals surface area (Å²) in [4.78, 5) is 0. The molecule has 0 radical (unpaired) electrons. The lowest BCUT2D eigenvalue weighted by Gasteiger charge is -2.25. The van der Waals surface area contributed by atoms with Crippen LogP contribution in [0.5, 0.6) is 11.5 Å². The van der Waals surface area contributed by atoms with Crippen molar-refractivity contribution in [2.24, 2.45) is 0 Å². The van der Waals surface area contributed by atoms with Crippen LogP contribution in [0.1, 0.15) is 118 Å². The Morgan fingerprint density at radius 1 is 0.210 bits per heavy atom. The van der Waals surface area contributed by atoms with E-state index in [0.717, 1.165) is 96.5 Å². The molecule has 0 aromatic heterocycles. The molecule has 15 aromatic rings. The number of hydrogen-bond acceptors (Lipinski definition) is 8. The Balaban J connectivity index is 0.000000152. The quantitative estimate of drug-likeness (QED) is 0.0843. The van der Waals surface area contributed by atoms with Gasteiger partial charge in [0.15, 0.2) is 35.7 Å². The maximum absolute atomic E-state index is 14.9. The predicted molar refractivity (Wildman–Crippen MR) is 533 cm³/mol. The minimum atomic E-state index is -3.06. The van der Waals surface area contributed by atoms with E-state index in [1.165, 1.54) is 33.4 Å². The molecule has 124 heavy (non-hydrogen) atoms. The normalized spacial score (nSPS) is 11.8. The van der Waals surface area contributed by atoms with Crippen LogP contribution in [0.3, 0.4) is 0 Å². The third-order valence-corrected chi connectivity index (χ3v) is 37.6. The molecule has 0 saturated carbocycles. The number of methoxy groups -OCH3 is 2. The van der Waals surface area contributed by atoms with Crippen LogP contribution in [-0.4, -0.2) is 19.3 Å². The van der Waals surface area contributed by atoms with Gasteiger partial charge in [0.1, 0.15) is 11.5 Å². The van der Waals surface area contributed by atoms with Gasteiger partial charge in [-0.3, -0.25) is 0 Å². The van der Waals surface area contributed by atoms with Crippen molar-refractivity contribution < 1.29 is 37.4 Å². The number of hydrogen-bond donors (Lipinski definition) is 1. The van der Waals surface area contributed by atoms with Crippen LogP contribution in [0.25, 0.3) is 0 Å². The van der Waals surface area contributed by atoms with Gasteiger partial charge in [0, 0.05) is 79.6 Å². The molecule has 0 saturated heterocycles. The second-order valence-electron chi connectivity index (χ2n) is 34.7. The van der Waals surface area contributed by atoms with Crippen LogP contribution in [0.15, 0.2) is 382 Å². The minimum absolute atomic E-state index is 0.0460. The number of rotatable bonds is 18. The van der Waals surface area contributed by atoms with Crippen molar-refractivity contribution in [1.29, 1.82) is 0 Å². The molecular formula is C111H117O8P5. The van der Waals surface area contributed by atoms with Gasteiger partial charge in [-0.25, -0.2) is 0 Å². The van der Waals surface area contributed by atoms with E-state index in [-0.39, 0.29) is 22.9 Å². The molecule has 0 heterocycles. The molecule has 0 bridgehead atoms. The third kappa shape index (κ3) is 22.0. The molecule has 0 spiro atoms. The van der Waals surface area contributed by atoms with E-state index in [9.17, 15) is 27.9 Å². The lowest BCUT2D eigenvalue weighted by molar-refractivity contribution is 0.282. The van der Waals surface area contributed by atoms with Crippen molar-refractivity contribution >= 4 is 115 Å². The summed E-state index contributed by atoms with van der Waals surface area (Å²) in [6, 6.07) is 125. The molecule has 0 unspecified atom stereocenters. The predicted octanol–water partition coefficient (Wildman–Crippen LogP) is 21.9. The summed E-state index contributed by atoms with van der Waals surface area (Å²) in [5.41, 5.74) is 11.6. The highest BCUT2D eigenvalue weighted by Gasteiger charge is 2.36. The van der Waals surface area contributed by atoms with Gasteiger partial charge in [0.25, 0.3) is 0 Å². The lowest BCUT2D eigenvalue weighted by Crippen LogP contribution is -2.26. The van der Waals surface area contributed by atoms with E-state index < -0.39 is 35.7 Å². The fourth-order valence-electron chi connectivity index (χ4n) is 14.8. The highest BCUT2D eigenvalue weighted by molar-refractivity contribution is 7.87. The Morgan fingerprint density at radius 2 is 0.387 bits per heavy atom. The Hall–Kier alpha value is -11.0. The van der Waals surface area contributed by atoms with Crippen LogP contribution >= 0.6 is 35.7 Å². The first-order valence-electron chi connectivity index (χ1n) is 42.0. The van der Waals surface area contributed by atoms with Crippen molar-refractivity contribution in [3.8, 4) is 11.5 Å². The van der Waals surface area contributed by atoms with Gasteiger partial charge >= 0.3 is 0 Å². The van der Waals surface area contributed by atoms with Gasteiger partial charge in [-0.05, 0) is 147 Å². The monoisotopic (exact) mass is 1730 g/mol. The Morgan fingerprint density at radius 3 is 0.581 bits per heavy atom. The van der Waals surface area contributed by atoms with Crippen LogP contribution in [0.2, 0.25) is 0 Å². The third-order valence-electron chi connectivity index (χ3n) is 22.3. The molecule has 15 aromatic carbocycles. The average molecular weight is 1730 g/mol. The first kappa shape index (κ1) is 93.7. The van der Waals surface area contributed by atoms with Crippen molar-refractivity contribution in [2.75, 3.05) is 14.2 Å². The van der Waals surface area contributed by atoms with E-state index in [4.69, 9.17) is 9.47 Å². The zero-order valence-electron chi connectivity index (χ0n) is 74.6. The number of benzene rings is 15. The molecule has 634 valence electrons. The van der Waals surface area contributed by atoms with E-state index in [1.807, 2.05) is 339 Å². The van der Waals surface area contributed by atoms with Crippen LogP contribution < -0.4 is 89.0 Å². The Labute approximate surface area is 737 Å². The van der Waals surface area contributed by atoms with Crippen molar-refractivity contribution in [1.82, 2.24) is 0 Å². The molecule has 0 amide bonds. The smallest absolute Gasteiger partial charge is 0.171 e. The second-order valence-corrected chi connectivity index (χ2v) is 48.5. The summed E-state index contributed by atoms with van der Waals surface area (Å²) in [5, 5.41) is 22.1. The fraction of sp³-hybridized carbons (Fsp3) is 0.189. The number of aliphatic hydroxyl groups excluding tert-OH is 1. The molecule has 0 atom stereocenters. The maximum Gasteiger partial charge on any atom is 0.171 e. The average Bonchev–Trinajstić information content (AvgIpc) is 1.45. The summed E-state index contributed by atoms with van der Waals surface area (Å²) >= 11 is 0. The van der Waals surface area contributed by atoms with Crippen LogP contribution in [0, 0.1) is 41.5 Å². The number of ether oxygens (including phenoxy) is 2. The van der Waals surface area contributed by atoms with Crippen molar-refractivity contribution in [3.05, 3.63) is 438 Å². The van der Waals surface area contributed by atoms with Gasteiger partial charge in [0.2, 0.25) is 0 Å². The standard InChI is InChI=1S/C30H39OP.C21H21O4P.2C21H21OP.C18H15OP/c1-28(2,3)22-10-16-25(17-11-22)32(31,26-18-12-23(13-19-26)29(4,5)6)27-20-14-24(15-21-27)30(7,8)9;1-24-17-5-11-20(12-6-17)26(23,19-9-3-16(15-22)4-10-19)21-13-7-18(25-2)8-14-21;1-16-4-10-19(11-5-16)23(22,20-12-6-17(2)7-13-20)21-14-8-18(3)9-15-21;1-16-7-4-10-19(13-16)23(22,20-11-5-8-17(2)14-20)21-12-6-9-18(3)15-21;19-20(16-10-4-1-5-11-16,17-12-6-2-7-13-17)18-14-8-3-9-15-18/h10-21H,1-9H3;3-14,22H,15H2,1-2H3;2*4-15H,1-3H3;1-15H. The SMILES string of the molecule is CC(C)(C)c1ccc(P(=O)(c2ccc(C(C)(C)C)cc2)c2ccc(C(C)(C)C)cc2)cc1.COc1ccc(P(=O)(c2ccc(CO)cc2)c2ccc(OC)cc2)cc1.Cc1ccc(P(=O)(c2ccc(C)cc2)c2ccc(C)cc2)cc1.Cc1cccc(P(=O)(c2cccc(C)c2)c2cccc(C)c2)c1.O=P(c1ccccc1)(c1ccccc1)c1ccccc1. The molecule has 0 aliphatic heterocycles. The zero-order chi connectivity index (χ0) is 89.3. The van der Waals surface area contributed by atoms with E-state index >= 15 is 0 Å². The maximum atomic E-state index is 14.9. The lowest BCUT2D eigenvalue weighted by atomic mass is 9.87. The summed E-state index contributed by atoms with van der Waals surface area (Å²) in [6.45, 7) is 32.1. The number of aliphatic hydroxyl groups is 1. The summed E-state index contributed by atoms with van der Waals surface area (Å²) in [7, 11) is -11.3. The minimum Gasteiger partial charge on any atom is -0.497 e. The second kappa shape index (κ2) is 40.8. The van der Waals surface area contributed by atoms with Gasteiger partial charge in [-0.2, -0.15) is 0 Å². The summed E-state index contributed by atoms with van der Waals surface area (Å²) < 4.78 is 81.9. The Bertz CT molecular complexity index is 5650. The molecule has 13 heteroatoms. The van der Waals surface area contributed by atoms with Crippen LogP contribution in [-0.2, 0) is 45.7 Å². The Kier molecular flexibility index (Phi) is 30.8. The first-order chi connectivity index (χ1) is 59.1. The molecule has 15 rings (SSSR count). The summed E-state index contributed by atoms with van der Waals surface area (Å²) in [5.74, 6) is 1.43. The van der Waals surface area contributed by atoms with E-state index in [2.05, 4.69) is 135 Å². The molecule has 0 aliphatic rings. The molecule has 8 nitrogen and oxygen atoms in total. The molecule has 1 N–H and O–H groups in total. The van der Waals surface area contributed by atoms with E-state index in [0.29, 0.717) is 16.8 Å². The van der Waals surface area contributed by atoms with E-state index in [1.54, 1.807) is 26.4 Å². The van der Waals surface area contributed by atoms with Gasteiger partial charge in [0.05, 0.1) is 20.8 Å². The van der Waals surface area contributed by atoms with Crippen LogP contribution in [0.4, 0.5) is 0 Å². The summed E-state index contributed by atoms with van der Waals surface area (Å²) in [6.07, 6.45) is 0. The van der Waals surface area contributed by atoms with Gasteiger partial charge < -0.3 is 37.4 Å². The highest BCUT2D eigenvalue weighted by Crippen LogP contribution is 2.48. The fourth-order valence-corrected chi connectivity index (χ4v) is 28.2.